The maximum atomic E-state index is 5.99. The quantitative estimate of drug-likeness (QED) is 0.636. The zero-order chi connectivity index (χ0) is 11.8. The summed E-state index contributed by atoms with van der Waals surface area (Å²) in [7, 11) is 1.80. The van der Waals surface area contributed by atoms with Crippen LogP contribution in [0.4, 0.5) is 0 Å². The topological polar surface area (TPSA) is 37.0 Å². The van der Waals surface area contributed by atoms with Crippen LogP contribution in [0.25, 0.3) is 0 Å². The fourth-order valence-corrected chi connectivity index (χ4v) is 2.20. The second-order valence-corrected chi connectivity index (χ2v) is 4.91. The molecule has 0 saturated carbocycles. The first kappa shape index (κ1) is 13.5. The summed E-state index contributed by atoms with van der Waals surface area (Å²) in [5, 5.41) is 7.35. The highest BCUT2D eigenvalue weighted by atomic mass is 35.5. The summed E-state index contributed by atoms with van der Waals surface area (Å²) >= 11 is 12.7. The van der Waals surface area contributed by atoms with E-state index in [1.54, 1.807) is 25.0 Å². The zero-order valence-electron chi connectivity index (χ0n) is 9.00. The number of hydrogen-bond donors (Lipinski definition) is 2. The van der Waals surface area contributed by atoms with Crippen LogP contribution in [0.5, 0.6) is 0 Å². The van der Waals surface area contributed by atoms with Gasteiger partial charge in [0.1, 0.15) is 0 Å². The van der Waals surface area contributed by atoms with E-state index >= 15 is 0 Å². The molecule has 88 valence electrons. The van der Waals surface area contributed by atoms with Crippen LogP contribution in [0.3, 0.4) is 0 Å². The van der Waals surface area contributed by atoms with Crippen LogP contribution in [0.15, 0.2) is 18.3 Å². The molecule has 0 unspecified atom stereocenters. The molecule has 16 heavy (non-hydrogen) atoms. The van der Waals surface area contributed by atoms with E-state index in [1.807, 2.05) is 12.1 Å². The van der Waals surface area contributed by atoms with Crippen molar-refractivity contribution in [2.45, 2.75) is 5.75 Å². The summed E-state index contributed by atoms with van der Waals surface area (Å²) in [6.07, 6.45) is 1.76. The van der Waals surface area contributed by atoms with Gasteiger partial charge >= 0.3 is 0 Å². The molecule has 0 atom stereocenters. The van der Waals surface area contributed by atoms with Gasteiger partial charge in [-0.25, -0.2) is 0 Å². The number of thiocarbonyl (C=S) groups is 1. The molecule has 0 aromatic carbocycles. The minimum Gasteiger partial charge on any atom is -0.366 e. The Bertz CT molecular complexity index is 347. The summed E-state index contributed by atoms with van der Waals surface area (Å²) < 4.78 is 0. The van der Waals surface area contributed by atoms with Crippen molar-refractivity contribution < 1.29 is 0 Å². The molecule has 0 bridgehead atoms. The van der Waals surface area contributed by atoms with Gasteiger partial charge < -0.3 is 10.6 Å². The summed E-state index contributed by atoms with van der Waals surface area (Å²) in [5.74, 6) is 1.79. The minimum absolute atomic E-state index is 0.677. The smallest absolute Gasteiger partial charge is 0.166 e. The molecule has 0 amide bonds. The highest BCUT2D eigenvalue weighted by molar-refractivity contribution is 7.98. The molecule has 0 fully saturated rings. The van der Waals surface area contributed by atoms with Gasteiger partial charge in [0.25, 0.3) is 0 Å². The van der Waals surface area contributed by atoms with Crippen molar-refractivity contribution in [1.82, 2.24) is 15.6 Å². The zero-order valence-corrected chi connectivity index (χ0v) is 11.4. The summed E-state index contributed by atoms with van der Waals surface area (Å²) in [5.41, 5.74) is 0.936. The number of aromatic nitrogens is 1. The van der Waals surface area contributed by atoms with Crippen LogP contribution in [0, 0.1) is 0 Å². The number of nitrogens with one attached hydrogen (secondary N) is 2. The van der Waals surface area contributed by atoms with Crippen molar-refractivity contribution >= 4 is 40.7 Å². The predicted octanol–water partition coefficient (Wildman–Crippen LogP) is 2.06. The van der Waals surface area contributed by atoms with E-state index < -0.39 is 0 Å². The summed E-state index contributed by atoms with van der Waals surface area (Å²) in [6.45, 7) is 0.842. The molecule has 0 radical (unpaired) electrons. The van der Waals surface area contributed by atoms with Gasteiger partial charge in [0.05, 0.1) is 10.7 Å². The van der Waals surface area contributed by atoms with Gasteiger partial charge in [-0.1, -0.05) is 11.6 Å². The molecule has 2 N–H and O–H groups in total. The molecule has 1 heterocycles. The van der Waals surface area contributed by atoms with Gasteiger partial charge in [-0.15, -0.1) is 0 Å². The third-order valence-electron chi connectivity index (χ3n) is 1.83. The van der Waals surface area contributed by atoms with Gasteiger partial charge in [0.2, 0.25) is 0 Å². The van der Waals surface area contributed by atoms with Crippen LogP contribution < -0.4 is 10.6 Å². The Hall–Kier alpha value is -0.520. The summed E-state index contributed by atoms with van der Waals surface area (Å²) in [6, 6.07) is 3.70. The van der Waals surface area contributed by atoms with E-state index in [4.69, 9.17) is 23.8 Å². The fraction of sp³-hybridized carbons (Fsp3) is 0.400. The Kier molecular flexibility index (Phi) is 6.52. The molecule has 0 aliphatic carbocycles. The lowest BCUT2D eigenvalue weighted by Gasteiger charge is -2.06. The van der Waals surface area contributed by atoms with Crippen LogP contribution in [-0.4, -0.2) is 29.4 Å². The predicted molar refractivity (Wildman–Crippen MR) is 75.1 cm³/mol. The Morgan fingerprint density at radius 2 is 2.44 bits per heavy atom. The highest BCUT2D eigenvalue weighted by Crippen LogP contribution is 2.17. The first-order valence-corrected chi connectivity index (χ1v) is 6.81. The molecular formula is C10H14ClN3S2. The second kappa shape index (κ2) is 7.70. The standard InChI is InChI=1S/C10H14ClN3S2/c1-12-10(15)14-5-6-16-7-9-8(11)3-2-4-13-9/h2-4H,5-7H2,1H3,(H2,12,14,15). The molecule has 1 aromatic heterocycles. The molecule has 0 spiro atoms. The van der Waals surface area contributed by atoms with Gasteiger partial charge in [-0.2, -0.15) is 11.8 Å². The van der Waals surface area contributed by atoms with Gasteiger partial charge in [0.15, 0.2) is 5.11 Å². The number of nitrogens with zero attached hydrogens (tertiary/aromatic N) is 1. The average Bonchev–Trinajstić information content (AvgIpc) is 2.30. The van der Waals surface area contributed by atoms with Crippen LogP contribution in [0.1, 0.15) is 5.69 Å². The SMILES string of the molecule is CNC(=S)NCCSCc1ncccc1Cl. The van der Waals surface area contributed by atoms with Crippen LogP contribution in [0.2, 0.25) is 5.02 Å². The monoisotopic (exact) mass is 275 g/mol. The highest BCUT2D eigenvalue weighted by Gasteiger charge is 2.00. The van der Waals surface area contributed by atoms with E-state index in [9.17, 15) is 0 Å². The average molecular weight is 276 g/mol. The van der Waals surface area contributed by atoms with Crippen molar-refractivity contribution in [3.05, 3.63) is 29.0 Å². The van der Waals surface area contributed by atoms with Gasteiger partial charge in [-0.05, 0) is 24.4 Å². The number of pyridine rings is 1. The third-order valence-corrected chi connectivity index (χ3v) is 3.50. The van der Waals surface area contributed by atoms with Crippen molar-refractivity contribution in [1.29, 1.82) is 0 Å². The van der Waals surface area contributed by atoms with E-state index in [1.165, 1.54) is 0 Å². The minimum atomic E-state index is 0.677. The number of halogens is 1. The molecule has 1 rings (SSSR count). The first-order chi connectivity index (χ1) is 7.74. The van der Waals surface area contributed by atoms with E-state index in [0.29, 0.717) is 5.11 Å². The lowest BCUT2D eigenvalue weighted by molar-refractivity contribution is 0.942. The van der Waals surface area contributed by atoms with E-state index in [0.717, 1.165) is 28.8 Å². The molecule has 0 aliphatic rings. The number of rotatable bonds is 5. The molecule has 1 aromatic rings. The van der Waals surface area contributed by atoms with Crippen LogP contribution in [-0.2, 0) is 5.75 Å². The third kappa shape index (κ3) is 5.01. The lowest BCUT2D eigenvalue weighted by Crippen LogP contribution is -2.33. The lowest BCUT2D eigenvalue weighted by atomic mass is 10.4. The Morgan fingerprint density at radius 1 is 1.62 bits per heavy atom. The number of hydrogen-bond acceptors (Lipinski definition) is 3. The molecule has 6 heteroatoms. The summed E-state index contributed by atoms with van der Waals surface area (Å²) in [4.78, 5) is 4.22. The maximum absolute atomic E-state index is 5.99. The first-order valence-electron chi connectivity index (χ1n) is 4.86. The van der Waals surface area contributed by atoms with E-state index in [2.05, 4.69) is 15.6 Å². The van der Waals surface area contributed by atoms with Crippen molar-refractivity contribution in [2.75, 3.05) is 19.3 Å². The molecule has 0 saturated heterocycles. The van der Waals surface area contributed by atoms with Crippen molar-refractivity contribution in [3.63, 3.8) is 0 Å². The molecular weight excluding hydrogens is 262 g/mol. The normalized spacial score (nSPS) is 9.88. The largest absolute Gasteiger partial charge is 0.366 e. The van der Waals surface area contributed by atoms with Gasteiger partial charge in [0, 0.05) is 31.3 Å². The van der Waals surface area contributed by atoms with E-state index in [-0.39, 0.29) is 0 Å². The molecule has 0 aliphatic heterocycles. The second-order valence-electron chi connectivity index (χ2n) is 2.99. The van der Waals surface area contributed by atoms with Crippen molar-refractivity contribution in [3.8, 4) is 0 Å². The molecule has 3 nitrogen and oxygen atoms in total. The van der Waals surface area contributed by atoms with Gasteiger partial charge in [-0.3, -0.25) is 4.98 Å². The Labute approximate surface area is 110 Å². The van der Waals surface area contributed by atoms with Crippen molar-refractivity contribution in [2.24, 2.45) is 0 Å². The van der Waals surface area contributed by atoms with Crippen LogP contribution >= 0.6 is 35.6 Å². The fourth-order valence-electron chi connectivity index (χ4n) is 1.02. The Balaban J connectivity index is 2.17. The number of thioether (sulfide) groups is 1. The Morgan fingerprint density at radius 3 is 3.12 bits per heavy atom. The maximum Gasteiger partial charge on any atom is 0.166 e.